The van der Waals surface area contributed by atoms with E-state index in [-0.39, 0.29) is 11.7 Å². The van der Waals surface area contributed by atoms with Crippen molar-refractivity contribution >= 4 is 29.6 Å². The molecule has 3 atom stereocenters. The maximum atomic E-state index is 12.9. The van der Waals surface area contributed by atoms with Gasteiger partial charge in [0.2, 0.25) is 0 Å². The summed E-state index contributed by atoms with van der Waals surface area (Å²) in [4.78, 5) is 62.4. The minimum Gasteiger partial charge on any atom is -0.454 e. The largest absolute Gasteiger partial charge is 0.454 e. The van der Waals surface area contributed by atoms with Gasteiger partial charge >= 0.3 is 12.0 Å². The van der Waals surface area contributed by atoms with Crippen LogP contribution < -0.4 is 10.6 Å². The molecule has 9 heteroatoms. The van der Waals surface area contributed by atoms with Crippen molar-refractivity contribution in [2.45, 2.75) is 57.5 Å². The van der Waals surface area contributed by atoms with E-state index in [2.05, 4.69) is 10.6 Å². The van der Waals surface area contributed by atoms with Crippen LogP contribution in [-0.2, 0) is 30.3 Å². The number of hydrogen-bond donors (Lipinski definition) is 2. The van der Waals surface area contributed by atoms with Crippen LogP contribution in [0.3, 0.4) is 0 Å². The fourth-order valence-electron chi connectivity index (χ4n) is 4.34. The highest BCUT2D eigenvalue weighted by Crippen LogP contribution is 2.38. The number of ether oxygens (including phenoxy) is 1. The molecule has 3 rings (SSSR count). The Hall–Kier alpha value is -3.23. The van der Waals surface area contributed by atoms with Crippen LogP contribution in [0.1, 0.15) is 45.1 Å². The number of carbonyl (C=O) groups excluding carboxylic acids is 5. The Morgan fingerprint density at radius 3 is 2.59 bits per heavy atom. The molecule has 172 valence electrons. The van der Waals surface area contributed by atoms with Gasteiger partial charge in [-0.2, -0.15) is 0 Å². The molecule has 1 spiro atoms. The molecule has 4 amide bonds. The smallest absolute Gasteiger partial charge is 0.326 e. The molecule has 0 unspecified atom stereocenters. The number of hydrogen-bond acceptors (Lipinski definition) is 6. The van der Waals surface area contributed by atoms with E-state index in [0.717, 1.165) is 29.7 Å². The molecule has 1 aliphatic heterocycles. The van der Waals surface area contributed by atoms with Gasteiger partial charge < -0.3 is 15.4 Å². The lowest BCUT2D eigenvalue weighted by Gasteiger charge is -2.36. The predicted octanol–water partition coefficient (Wildman–Crippen LogP) is 1.35. The molecule has 1 aromatic carbocycles. The van der Waals surface area contributed by atoms with Crippen molar-refractivity contribution in [3.8, 4) is 0 Å². The number of benzene rings is 1. The van der Waals surface area contributed by atoms with Gasteiger partial charge in [0.05, 0.1) is 6.04 Å². The summed E-state index contributed by atoms with van der Waals surface area (Å²) in [6.07, 6.45) is 3.51. The Morgan fingerprint density at radius 2 is 1.94 bits per heavy atom. The van der Waals surface area contributed by atoms with Crippen LogP contribution in [-0.4, -0.2) is 59.2 Å². The van der Waals surface area contributed by atoms with Crippen LogP contribution in [0.2, 0.25) is 0 Å². The van der Waals surface area contributed by atoms with Gasteiger partial charge in [0.15, 0.2) is 12.4 Å². The fraction of sp³-hybridized carbons (Fsp3) is 0.522. The number of ketones is 1. The topological polar surface area (TPSA) is 122 Å². The van der Waals surface area contributed by atoms with Gasteiger partial charge in [-0.15, -0.1) is 0 Å². The quantitative estimate of drug-likeness (QED) is 0.462. The summed E-state index contributed by atoms with van der Waals surface area (Å²) in [5.41, 5.74) is -0.0755. The molecule has 1 aromatic rings. The van der Waals surface area contributed by atoms with Gasteiger partial charge in [-0.1, -0.05) is 50.1 Å². The molecule has 9 nitrogen and oxygen atoms in total. The van der Waals surface area contributed by atoms with Gasteiger partial charge in [0, 0.05) is 0 Å². The highest BCUT2D eigenvalue weighted by molar-refractivity contribution is 6.09. The third-order valence-corrected chi connectivity index (χ3v) is 6.26. The predicted molar refractivity (Wildman–Crippen MR) is 114 cm³/mol. The Kier molecular flexibility index (Phi) is 7.27. The zero-order valence-corrected chi connectivity index (χ0v) is 18.4. The summed E-state index contributed by atoms with van der Waals surface area (Å²) in [5.74, 6) is -2.17. The van der Waals surface area contributed by atoms with E-state index in [1.54, 1.807) is 0 Å². The summed E-state index contributed by atoms with van der Waals surface area (Å²) in [6, 6.07) is 7.85. The summed E-state index contributed by atoms with van der Waals surface area (Å²) >= 11 is 0. The van der Waals surface area contributed by atoms with Crippen LogP contribution in [0.15, 0.2) is 30.3 Å². The maximum absolute atomic E-state index is 12.9. The van der Waals surface area contributed by atoms with Gasteiger partial charge in [0.25, 0.3) is 11.8 Å². The minimum absolute atomic E-state index is 0.0207. The zero-order chi connectivity index (χ0) is 23.3. The van der Waals surface area contributed by atoms with Gasteiger partial charge in [0.1, 0.15) is 12.1 Å². The molecule has 2 aliphatic rings. The Balaban J connectivity index is 1.50. The Morgan fingerprint density at radius 1 is 1.22 bits per heavy atom. The molecule has 2 N–H and O–H groups in total. The highest BCUT2D eigenvalue weighted by atomic mass is 16.5. The Labute approximate surface area is 186 Å². The highest BCUT2D eigenvalue weighted by Gasteiger charge is 2.55. The lowest BCUT2D eigenvalue weighted by Crippen LogP contribution is -2.54. The molecule has 1 saturated carbocycles. The van der Waals surface area contributed by atoms with Crippen LogP contribution in [0, 0.1) is 5.92 Å². The molecule has 2 fully saturated rings. The number of carbonyl (C=O) groups is 5. The van der Waals surface area contributed by atoms with Crippen molar-refractivity contribution in [2.75, 3.05) is 13.2 Å². The van der Waals surface area contributed by atoms with E-state index in [0.29, 0.717) is 12.8 Å². The van der Waals surface area contributed by atoms with Gasteiger partial charge in [-0.25, -0.2) is 4.79 Å². The zero-order valence-electron chi connectivity index (χ0n) is 18.4. The van der Waals surface area contributed by atoms with Crippen LogP contribution >= 0.6 is 0 Å². The molecule has 32 heavy (non-hydrogen) atoms. The molecule has 1 heterocycles. The molecular formula is C23H29N3O6. The van der Waals surface area contributed by atoms with Crippen molar-refractivity contribution in [1.82, 2.24) is 15.5 Å². The van der Waals surface area contributed by atoms with Crippen LogP contribution in [0.25, 0.3) is 0 Å². The van der Waals surface area contributed by atoms with E-state index in [4.69, 9.17) is 4.74 Å². The molecule has 1 saturated heterocycles. The number of esters is 1. The number of imide groups is 1. The SMILES string of the molecule is CC(=O)[C@H](Cc1ccccc1)NC(=O)COC(=O)CN1C(=O)N[C@]2(CCCC[C@@H]2C)C1=O. The summed E-state index contributed by atoms with van der Waals surface area (Å²) in [5, 5.41) is 5.32. The number of Topliss-reactive ketones (excluding diaryl/α,β-unsaturated/α-hetero) is 1. The van der Waals surface area contributed by atoms with Crippen molar-refractivity contribution in [2.24, 2.45) is 5.92 Å². The molecular weight excluding hydrogens is 414 g/mol. The first-order valence-electron chi connectivity index (χ1n) is 10.9. The normalized spacial score (nSPS) is 23.6. The summed E-state index contributed by atoms with van der Waals surface area (Å²) in [6.45, 7) is 2.12. The Bertz CT molecular complexity index is 902. The summed E-state index contributed by atoms with van der Waals surface area (Å²) < 4.78 is 4.96. The molecule has 0 radical (unpaired) electrons. The lowest BCUT2D eigenvalue weighted by atomic mass is 9.73. The van der Waals surface area contributed by atoms with Crippen LogP contribution in [0.4, 0.5) is 4.79 Å². The standard InChI is InChI=1S/C23H29N3O6/c1-15-8-6-7-11-23(15)21(30)26(22(31)25-23)13-20(29)32-14-19(28)24-18(16(2)27)12-17-9-4-3-5-10-17/h3-5,9-10,15,18H,6-8,11-14H2,1-2H3,(H,24,28)(H,25,31)/t15-,18-,23-/m0/s1. The third kappa shape index (κ3) is 5.15. The van der Waals surface area contributed by atoms with E-state index < -0.39 is 48.5 Å². The summed E-state index contributed by atoms with van der Waals surface area (Å²) in [7, 11) is 0. The average molecular weight is 444 g/mol. The lowest BCUT2D eigenvalue weighted by molar-refractivity contribution is -0.151. The van der Waals surface area contributed by atoms with Gasteiger partial charge in [-0.05, 0) is 37.7 Å². The second-order valence-corrected chi connectivity index (χ2v) is 8.52. The number of urea groups is 1. The number of nitrogens with one attached hydrogen (secondary N) is 2. The first-order valence-corrected chi connectivity index (χ1v) is 10.9. The number of amides is 4. The van der Waals surface area contributed by atoms with E-state index >= 15 is 0 Å². The first kappa shape index (κ1) is 23.4. The van der Waals surface area contributed by atoms with Gasteiger partial charge in [-0.3, -0.25) is 24.1 Å². The minimum atomic E-state index is -0.959. The second-order valence-electron chi connectivity index (χ2n) is 8.52. The van der Waals surface area contributed by atoms with Crippen molar-refractivity contribution < 1.29 is 28.7 Å². The van der Waals surface area contributed by atoms with Crippen molar-refractivity contribution in [3.63, 3.8) is 0 Å². The van der Waals surface area contributed by atoms with E-state index in [9.17, 15) is 24.0 Å². The second kappa shape index (κ2) is 9.93. The van der Waals surface area contributed by atoms with Crippen LogP contribution in [0.5, 0.6) is 0 Å². The van der Waals surface area contributed by atoms with Crippen molar-refractivity contribution in [3.05, 3.63) is 35.9 Å². The third-order valence-electron chi connectivity index (χ3n) is 6.26. The van der Waals surface area contributed by atoms with E-state index in [1.807, 2.05) is 37.3 Å². The fourth-order valence-corrected chi connectivity index (χ4v) is 4.34. The monoisotopic (exact) mass is 443 g/mol. The van der Waals surface area contributed by atoms with E-state index in [1.165, 1.54) is 6.92 Å². The maximum Gasteiger partial charge on any atom is 0.326 e. The first-order chi connectivity index (χ1) is 15.2. The number of rotatable bonds is 8. The van der Waals surface area contributed by atoms with Crippen molar-refractivity contribution in [1.29, 1.82) is 0 Å². The molecule has 0 aromatic heterocycles. The molecule has 1 aliphatic carbocycles. The number of nitrogens with zero attached hydrogens (tertiary/aromatic N) is 1. The average Bonchev–Trinajstić information content (AvgIpc) is 2.99. The molecule has 0 bridgehead atoms.